The van der Waals surface area contributed by atoms with E-state index in [2.05, 4.69) is 9.69 Å². The van der Waals surface area contributed by atoms with Crippen LogP contribution in [-0.4, -0.2) is 34.2 Å². The van der Waals surface area contributed by atoms with E-state index in [9.17, 15) is 14.4 Å². The van der Waals surface area contributed by atoms with Gasteiger partial charge in [-0.25, -0.2) is 0 Å². The molecule has 3 rings (SSSR count). The number of aromatic nitrogens is 1. The summed E-state index contributed by atoms with van der Waals surface area (Å²) in [5.41, 5.74) is 13.7. The molecule has 0 radical (unpaired) electrons. The summed E-state index contributed by atoms with van der Waals surface area (Å²) in [7, 11) is 0. The topological polar surface area (TPSA) is 131 Å². The second-order valence-electron chi connectivity index (χ2n) is 7.95. The van der Waals surface area contributed by atoms with Gasteiger partial charge in [0.2, 0.25) is 5.91 Å². The van der Waals surface area contributed by atoms with Gasteiger partial charge in [0.1, 0.15) is 10.9 Å². The largest absolute Gasteiger partial charge is 0.395 e. The number of carbonyl (C=O) groups excluding carboxylic acids is 3. The molecule has 9 heteroatoms. The summed E-state index contributed by atoms with van der Waals surface area (Å²) < 4.78 is 3.96. The molecule has 3 amide bonds. The average Bonchev–Trinajstić information content (AvgIpc) is 3.37. The van der Waals surface area contributed by atoms with Gasteiger partial charge in [-0.3, -0.25) is 19.3 Å². The predicted octanol–water partition coefficient (Wildman–Crippen LogP) is 2.93. The van der Waals surface area contributed by atoms with Gasteiger partial charge in [-0.2, -0.15) is 4.37 Å². The normalized spacial score (nSPS) is 14.9. The number of primary amides is 1. The first-order valence-corrected chi connectivity index (χ1v) is 11.3. The molecule has 166 valence electrons. The number of hydrogen-bond donors (Lipinski definition) is 3. The molecular weight excluding hydrogens is 414 g/mol. The van der Waals surface area contributed by atoms with Crippen LogP contribution in [0.2, 0.25) is 0 Å². The zero-order valence-electron chi connectivity index (χ0n) is 18.1. The Labute approximate surface area is 186 Å². The highest BCUT2D eigenvalue weighted by atomic mass is 32.1. The highest BCUT2D eigenvalue weighted by Gasteiger charge is 2.35. The predicted molar refractivity (Wildman–Crippen MR) is 122 cm³/mol. The van der Waals surface area contributed by atoms with E-state index in [0.717, 1.165) is 48.3 Å². The molecule has 1 aromatic carbocycles. The molecule has 1 atom stereocenters. The highest BCUT2D eigenvalue weighted by Crippen LogP contribution is 2.31. The third-order valence-electron chi connectivity index (χ3n) is 5.91. The molecule has 2 aromatic rings. The van der Waals surface area contributed by atoms with Crippen LogP contribution >= 0.6 is 11.5 Å². The molecular formula is C22H29N5O3S. The monoisotopic (exact) mass is 443 g/mol. The summed E-state index contributed by atoms with van der Waals surface area (Å²) in [5.74, 6) is -1.46. The minimum Gasteiger partial charge on any atom is -0.395 e. The number of benzene rings is 1. The number of anilines is 2. The van der Waals surface area contributed by atoms with Crippen molar-refractivity contribution >= 4 is 40.6 Å². The maximum absolute atomic E-state index is 13.7. The number of aryl methyl sites for hydroxylation is 1. The third kappa shape index (κ3) is 4.56. The molecule has 5 N–H and O–H groups in total. The smallest absolute Gasteiger partial charge is 0.272 e. The molecule has 31 heavy (non-hydrogen) atoms. The Balaban J connectivity index is 2.05. The lowest BCUT2D eigenvalue weighted by atomic mass is 10.0. The minimum absolute atomic E-state index is 0.0520. The molecule has 8 nitrogen and oxygen atoms in total. The number of nitrogens with one attached hydrogen (secondary N) is 1. The fourth-order valence-electron chi connectivity index (χ4n) is 4.01. The number of hydrogen-bond acceptors (Lipinski definition) is 6. The van der Waals surface area contributed by atoms with Crippen LogP contribution in [0.15, 0.2) is 18.2 Å². The van der Waals surface area contributed by atoms with Crippen LogP contribution in [0.1, 0.15) is 70.3 Å². The lowest BCUT2D eigenvalue weighted by Gasteiger charge is -2.32. The summed E-state index contributed by atoms with van der Waals surface area (Å²) in [6, 6.07) is 5.02. The number of carbonyl (C=O) groups is 3. The van der Waals surface area contributed by atoms with Crippen LogP contribution in [-0.2, 0) is 4.79 Å². The standard InChI is InChI=1S/C22H29N5O3S/c1-4-15(21(29)25-14-9-5-6-10-14)27(16-11-7-8-12(2)13(16)3)22(30)19-17(23)18(20(24)28)26-31-19/h7-8,11,14-15H,4-6,9-10,23H2,1-3H3,(H2,24,28)(H,25,29)/t15-/m1/s1. The first-order chi connectivity index (χ1) is 14.8. The van der Waals surface area contributed by atoms with Crippen LogP contribution in [0.25, 0.3) is 0 Å². The Morgan fingerprint density at radius 2 is 1.94 bits per heavy atom. The number of amides is 3. The van der Waals surface area contributed by atoms with E-state index in [1.807, 2.05) is 39.0 Å². The molecule has 1 saturated carbocycles. The van der Waals surface area contributed by atoms with Gasteiger partial charge in [0.25, 0.3) is 11.8 Å². The highest BCUT2D eigenvalue weighted by molar-refractivity contribution is 7.09. The average molecular weight is 444 g/mol. The van der Waals surface area contributed by atoms with Crippen molar-refractivity contribution in [3.63, 3.8) is 0 Å². The van der Waals surface area contributed by atoms with Crippen LogP contribution < -0.4 is 21.7 Å². The van der Waals surface area contributed by atoms with Gasteiger partial charge in [0.15, 0.2) is 5.69 Å². The van der Waals surface area contributed by atoms with Gasteiger partial charge < -0.3 is 16.8 Å². The SMILES string of the molecule is CC[C@H](C(=O)NC1CCCC1)N(C(=O)c1snc(C(N)=O)c1N)c1cccc(C)c1C. The molecule has 1 heterocycles. The van der Waals surface area contributed by atoms with Crippen molar-refractivity contribution < 1.29 is 14.4 Å². The molecule has 1 aliphatic carbocycles. The van der Waals surface area contributed by atoms with Crippen molar-refractivity contribution in [2.45, 2.75) is 65.0 Å². The summed E-state index contributed by atoms with van der Waals surface area (Å²) in [5, 5.41) is 3.11. The van der Waals surface area contributed by atoms with Crippen molar-refractivity contribution in [3.8, 4) is 0 Å². The summed E-state index contributed by atoms with van der Waals surface area (Å²) in [6.07, 6.45) is 4.50. The van der Waals surface area contributed by atoms with Crippen LogP contribution in [0.3, 0.4) is 0 Å². The van der Waals surface area contributed by atoms with Crippen LogP contribution in [0, 0.1) is 13.8 Å². The lowest BCUT2D eigenvalue weighted by molar-refractivity contribution is -0.123. The quantitative estimate of drug-likeness (QED) is 0.605. The maximum atomic E-state index is 13.7. The van der Waals surface area contributed by atoms with Crippen LogP contribution in [0.4, 0.5) is 11.4 Å². The first-order valence-electron chi connectivity index (χ1n) is 10.5. The van der Waals surface area contributed by atoms with E-state index in [1.54, 1.807) is 0 Å². The molecule has 1 aromatic heterocycles. The second kappa shape index (κ2) is 9.47. The van der Waals surface area contributed by atoms with Gasteiger partial charge in [0, 0.05) is 11.7 Å². The number of nitrogens with zero attached hydrogens (tertiary/aromatic N) is 2. The Hall–Kier alpha value is -2.94. The molecule has 0 aliphatic heterocycles. The molecule has 0 saturated heterocycles. The molecule has 1 fully saturated rings. The minimum atomic E-state index is -0.794. The third-order valence-corrected chi connectivity index (χ3v) is 6.76. The first kappa shape index (κ1) is 22.7. The molecule has 0 bridgehead atoms. The molecule has 0 unspecified atom stereocenters. The fraction of sp³-hybridized carbons (Fsp3) is 0.455. The lowest BCUT2D eigenvalue weighted by Crippen LogP contribution is -2.51. The number of nitrogens with two attached hydrogens (primary N) is 2. The number of rotatable bonds is 7. The van der Waals surface area contributed by atoms with Gasteiger partial charge >= 0.3 is 0 Å². The van der Waals surface area contributed by atoms with Crippen LogP contribution in [0.5, 0.6) is 0 Å². The van der Waals surface area contributed by atoms with Crippen molar-refractivity contribution in [1.29, 1.82) is 0 Å². The van der Waals surface area contributed by atoms with Crippen molar-refractivity contribution in [2.75, 3.05) is 10.6 Å². The summed E-state index contributed by atoms with van der Waals surface area (Å²) in [6.45, 7) is 5.74. The number of nitrogen functional groups attached to an aromatic ring is 1. The maximum Gasteiger partial charge on any atom is 0.272 e. The zero-order valence-corrected chi connectivity index (χ0v) is 18.9. The van der Waals surface area contributed by atoms with E-state index in [0.29, 0.717) is 12.1 Å². The van der Waals surface area contributed by atoms with E-state index >= 15 is 0 Å². The Kier molecular flexibility index (Phi) is 6.94. The van der Waals surface area contributed by atoms with Gasteiger partial charge in [-0.05, 0) is 61.8 Å². The van der Waals surface area contributed by atoms with E-state index in [4.69, 9.17) is 11.5 Å². The Morgan fingerprint density at radius 1 is 1.26 bits per heavy atom. The Bertz CT molecular complexity index is 997. The van der Waals surface area contributed by atoms with E-state index in [-0.39, 0.29) is 28.2 Å². The van der Waals surface area contributed by atoms with Crippen molar-refractivity contribution in [2.24, 2.45) is 5.73 Å². The van der Waals surface area contributed by atoms with Gasteiger partial charge in [-0.1, -0.05) is 31.9 Å². The molecule has 0 spiro atoms. The van der Waals surface area contributed by atoms with Crippen molar-refractivity contribution in [1.82, 2.24) is 9.69 Å². The zero-order chi connectivity index (χ0) is 22.7. The Morgan fingerprint density at radius 3 is 2.52 bits per heavy atom. The molecule has 1 aliphatic rings. The van der Waals surface area contributed by atoms with Crippen molar-refractivity contribution in [3.05, 3.63) is 39.9 Å². The fourth-order valence-corrected chi connectivity index (χ4v) is 4.75. The van der Waals surface area contributed by atoms with Gasteiger partial charge in [0.05, 0.1) is 5.69 Å². The van der Waals surface area contributed by atoms with E-state index < -0.39 is 17.9 Å². The summed E-state index contributed by atoms with van der Waals surface area (Å²) in [4.78, 5) is 40.1. The second-order valence-corrected chi connectivity index (χ2v) is 8.72. The summed E-state index contributed by atoms with van der Waals surface area (Å²) >= 11 is 0.819. The van der Waals surface area contributed by atoms with E-state index in [1.165, 1.54) is 4.90 Å². The van der Waals surface area contributed by atoms with Gasteiger partial charge in [-0.15, -0.1) is 0 Å².